The molecule has 0 unspecified atom stereocenters. The van der Waals surface area contributed by atoms with E-state index in [0.717, 1.165) is 16.3 Å². The predicted octanol–water partition coefficient (Wildman–Crippen LogP) is 6.58. The summed E-state index contributed by atoms with van der Waals surface area (Å²) >= 11 is 5.61. The summed E-state index contributed by atoms with van der Waals surface area (Å²) in [6, 6.07) is 19.4. The molecule has 0 aliphatic carbocycles. The second-order valence-electron chi connectivity index (χ2n) is 6.27. The highest BCUT2D eigenvalue weighted by Crippen LogP contribution is 2.41. The number of ketones is 1. The summed E-state index contributed by atoms with van der Waals surface area (Å²) in [5, 5.41) is 23.6. The molecule has 1 aromatic carbocycles. The van der Waals surface area contributed by atoms with Crippen molar-refractivity contribution in [2.75, 3.05) is 5.01 Å². The zero-order valence-corrected chi connectivity index (χ0v) is 19.0. The van der Waals surface area contributed by atoms with Crippen molar-refractivity contribution >= 4 is 67.9 Å². The van der Waals surface area contributed by atoms with Crippen molar-refractivity contribution in [1.29, 1.82) is 5.26 Å². The highest BCUT2D eigenvalue weighted by Gasteiger charge is 2.32. The van der Waals surface area contributed by atoms with Crippen LogP contribution in [0.3, 0.4) is 0 Å². The Morgan fingerprint density at radius 1 is 0.968 bits per heavy atom. The maximum absolute atomic E-state index is 13.0. The number of Topliss-reactive ketones (excluding diaryl/α,β-unsaturated/α-hetero) is 1. The molecule has 5 nitrogen and oxygen atoms in total. The average Bonchev–Trinajstić information content (AvgIpc) is 3.61. The average molecular weight is 477 g/mol. The third-order valence-corrected chi connectivity index (χ3v) is 7.99. The topological polar surface area (TPSA) is 69.3 Å². The van der Waals surface area contributed by atoms with Gasteiger partial charge in [0.25, 0.3) is 0 Å². The summed E-state index contributed by atoms with van der Waals surface area (Å²) in [4.78, 5) is 19.3. The highest BCUT2D eigenvalue weighted by atomic mass is 32.2. The first kappa shape index (κ1) is 19.9. The number of carbonyl (C=O) groups excluding carboxylic acids is 1. The second kappa shape index (κ2) is 8.61. The molecule has 1 aliphatic rings. The molecule has 3 aromatic heterocycles. The minimum Gasteiger partial charge on any atom is -0.285 e. The van der Waals surface area contributed by atoms with E-state index < -0.39 is 0 Å². The number of thiophene rings is 2. The SMILES string of the molecule is N#C/C(=C1\SC(C(=O)c2cccs2)=NN1c1ccccc1)c1nc(-c2cccs2)cs1. The zero-order valence-electron chi connectivity index (χ0n) is 15.8. The number of rotatable bonds is 5. The standard InChI is InChI=1S/C22H12N4OS4/c23-12-15(20-24-16(13-30-20)17-8-4-10-28-17)22-26(14-6-2-1-3-7-14)25-21(31-22)19(27)18-9-5-11-29-18/h1-11,13H/b22-15+. The summed E-state index contributed by atoms with van der Waals surface area (Å²) in [5.41, 5.74) is 2.02. The molecule has 31 heavy (non-hydrogen) atoms. The summed E-state index contributed by atoms with van der Waals surface area (Å²) in [6.45, 7) is 0. The molecule has 0 fully saturated rings. The van der Waals surface area contributed by atoms with Crippen LogP contribution >= 0.6 is 45.8 Å². The zero-order chi connectivity index (χ0) is 21.2. The van der Waals surface area contributed by atoms with Crippen molar-refractivity contribution in [3.63, 3.8) is 0 Å². The number of anilines is 1. The van der Waals surface area contributed by atoms with E-state index in [1.54, 1.807) is 22.4 Å². The Kier molecular flexibility index (Phi) is 5.53. The number of nitriles is 1. The lowest BCUT2D eigenvalue weighted by Gasteiger charge is -2.16. The number of hydrogen-bond acceptors (Lipinski definition) is 9. The molecule has 0 radical (unpaired) electrons. The first-order valence-electron chi connectivity index (χ1n) is 9.08. The van der Waals surface area contributed by atoms with Gasteiger partial charge in [0.05, 0.1) is 21.1 Å². The van der Waals surface area contributed by atoms with E-state index in [1.165, 1.54) is 34.4 Å². The van der Waals surface area contributed by atoms with E-state index in [4.69, 9.17) is 4.98 Å². The number of para-hydroxylation sites is 1. The number of allylic oxidation sites excluding steroid dienone is 1. The monoisotopic (exact) mass is 476 g/mol. The molecule has 0 bridgehead atoms. The Labute approximate surface area is 194 Å². The van der Waals surface area contributed by atoms with E-state index in [-0.39, 0.29) is 5.78 Å². The van der Waals surface area contributed by atoms with Crippen LogP contribution in [0.2, 0.25) is 0 Å². The molecule has 0 saturated heterocycles. The van der Waals surface area contributed by atoms with Crippen LogP contribution in [0.1, 0.15) is 14.7 Å². The molecule has 0 spiro atoms. The fourth-order valence-electron chi connectivity index (χ4n) is 2.91. The minimum atomic E-state index is -0.147. The minimum absolute atomic E-state index is 0.147. The van der Waals surface area contributed by atoms with Crippen LogP contribution in [0.4, 0.5) is 5.69 Å². The Morgan fingerprint density at radius 2 is 1.77 bits per heavy atom. The number of hydrogen-bond donors (Lipinski definition) is 0. The summed E-state index contributed by atoms with van der Waals surface area (Å²) in [6.07, 6.45) is 0. The molecule has 0 saturated carbocycles. The fourth-order valence-corrected chi connectivity index (χ4v) is 6.26. The summed E-state index contributed by atoms with van der Waals surface area (Å²) < 4.78 is 0. The van der Waals surface area contributed by atoms with Crippen molar-refractivity contribution in [3.8, 4) is 16.6 Å². The number of thiazole rings is 1. The van der Waals surface area contributed by atoms with Gasteiger partial charge in [-0.15, -0.1) is 34.0 Å². The van der Waals surface area contributed by atoms with Gasteiger partial charge < -0.3 is 0 Å². The van der Waals surface area contributed by atoms with Gasteiger partial charge in [-0.1, -0.05) is 30.3 Å². The van der Waals surface area contributed by atoms with Crippen LogP contribution in [0, 0.1) is 11.3 Å². The van der Waals surface area contributed by atoms with Gasteiger partial charge in [-0.05, 0) is 46.8 Å². The van der Waals surface area contributed by atoms with E-state index in [0.29, 0.717) is 25.5 Å². The van der Waals surface area contributed by atoms with Crippen LogP contribution in [0.15, 0.2) is 80.9 Å². The Bertz CT molecular complexity index is 1330. The lowest BCUT2D eigenvalue weighted by molar-refractivity contribution is 0.107. The van der Waals surface area contributed by atoms with Crippen LogP contribution in [-0.4, -0.2) is 15.8 Å². The van der Waals surface area contributed by atoms with Crippen LogP contribution < -0.4 is 5.01 Å². The van der Waals surface area contributed by atoms with Gasteiger partial charge in [0.2, 0.25) is 5.78 Å². The van der Waals surface area contributed by atoms with E-state index in [9.17, 15) is 10.1 Å². The van der Waals surface area contributed by atoms with Crippen LogP contribution in [-0.2, 0) is 0 Å². The quantitative estimate of drug-likeness (QED) is 0.240. The molecule has 150 valence electrons. The summed E-state index contributed by atoms with van der Waals surface area (Å²) in [7, 11) is 0. The van der Waals surface area contributed by atoms with Crippen molar-refractivity contribution in [1.82, 2.24) is 4.98 Å². The van der Waals surface area contributed by atoms with Crippen molar-refractivity contribution in [3.05, 3.63) is 85.7 Å². The molecular formula is C22H12N4OS4. The van der Waals surface area contributed by atoms with E-state index in [2.05, 4.69) is 11.2 Å². The van der Waals surface area contributed by atoms with Gasteiger partial charge in [-0.3, -0.25) is 4.79 Å². The predicted molar refractivity (Wildman–Crippen MR) is 131 cm³/mol. The van der Waals surface area contributed by atoms with Crippen molar-refractivity contribution in [2.24, 2.45) is 5.10 Å². The third-order valence-electron chi connectivity index (χ3n) is 4.33. The Morgan fingerprint density at radius 3 is 2.48 bits per heavy atom. The maximum Gasteiger partial charge on any atom is 0.230 e. The number of aromatic nitrogens is 1. The Balaban J connectivity index is 1.59. The largest absolute Gasteiger partial charge is 0.285 e. The second-order valence-corrected chi connectivity index (χ2v) is 10.00. The van der Waals surface area contributed by atoms with Crippen LogP contribution in [0.5, 0.6) is 0 Å². The molecule has 0 atom stereocenters. The smallest absolute Gasteiger partial charge is 0.230 e. The molecule has 0 N–H and O–H groups in total. The lowest BCUT2D eigenvalue weighted by Crippen LogP contribution is -2.11. The third kappa shape index (κ3) is 3.86. The van der Waals surface area contributed by atoms with Gasteiger partial charge >= 0.3 is 0 Å². The normalized spacial score (nSPS) is 14.9. The highest BCUT2D eigenvalue weighted by molar-refractivity contribution is 8.19. The maximum atomic E-state index is 13.0. The number of thioether (sulfide) groups is 1. The number of carbonyl (C=O) groups is 1. The summed E-state index contributed by atoms with van der Waals surface area (Å²) in [5.74, 6) is -0.147. The lowest BCUT2D eigenvalue weighted by atomic mass is 10.3. The molecular weight excluding hydrogens is 465 g/mol. The number of benzene rings is 1. The van der Waals surface area contributed by atoms with Gasteiger partial charge in [-0.2, -0.15) is 10.4 Å². The van der Waals surface area contributed by atoms with Gasteiger partial charge in [-0.25, -0.2) is 9.99 Å². The number of nitrogens with zero attached hydrogens (tertiary/aromatic N) is 4. The van der Waals surface area contributed by atoms with E-state index >= 15 is 0 Å². The van der Waals surface area contributed by atoms with Gasteiger partial charge in [0, 0.05) is 5.38 Å². The molecule has 4 heterocycles. The van der Waals surface area contributed by atoms with Gasteiger partial charge in [0.1, 0.15) is 21.7 Å². The first-order chi connectivity index (χ1) is 15.2. The van der Waals surface area contributed by atoms with Crippen molar-refractivity contribution in [2.45, 2.75) is 0 Å². The first-order valence-corrected chi connectivity index (χ1v) is 12.5. The van der Waals surface area contributed by atoms with E-state index in [1.807, 2.05) is 64.7 Å². The molecule has 4 aromatic rings. The van der Waals surface area contributed by atoms with Gasteiger partial charge in [0.15, 0.2) is 5.04 Å². The van der Waals surface area contributed by atoms with Crippen molar-refractivity contribution < 1.29 is 4.79 Å². The van der Waals surface area contributed by atoms with Crippen LogP contribution in [0.25, 0.3) is 16.1 Å². The molecule has 9 heteroatoms. The number of hydrazone groups is 1. The molecule has 0 amide bonds. The fraction of sp³-hybridized carbons (Fsp3) is 0. The Hall–Kier alpha value is -3.03. The molecule has 1 aliphatic heterocycles. The molecule has 5 rings (SSSR count).